The first kappa shape index (κ1) is 16.4. The Morgan fingerprint density at radius 3 is 2.86 bits per heavy atom. The van der Waals surface area contributed by atoms with E-state index in [1.165, 1.54) is 20.5 Å². The van der Waals surface area contributed by atoms with Gasteiger partial charge in [0.05, 0.1) is 19.3 Å². The maximum atomic E-state index is 5.94. The molecule has 1 atom stereocenters. The van der Waals surface area contributed by atoms with Crippen LogP contribution >= 0.6 is 11.3 Å². The van der Waals surface area contributed by atoms with Crippen molar-refractivity contribution in [2.75, 3.05) is 20.3 Å². The molecule has 0 saturated heterocycles. The topological polar surface area (TPSA) is 30.5 Å². The molecule has 116 valence electrons. The number of methoxy groups -OCH3 is 1. The Hall–Kier alpha value is -0.940. The van der Waals surface area contributed by atoms with Crippen LogP contribution in [0.15, 0.2) is 24.3 Å². The second-order valence-corrected chi connectivity index (χ2v) is 6.39. The molecule has 0 bridgehead atoms. The summed E-state index contributed by atoms with van der Waals surface area (Å²) in [5.74, 6) is 0. The molecule has 0 aliphatic rings. The molecule has 0 saturated carbocycles. The Morgan fingerprint density at radius 1 is 1.29 bits per heavy atom. The lowest BCUT2D eigenvalue weighted by atomic mass is 10.1. The van der Waals surface area contributed by atoms with Crippen molar-refractivity contribution in [1.82, 2.24) is 5.32 Å². The Labute approximate surface area is 131 Å². The van der Waals surface area contributed by atoms with Crippen molar-refractivity contribution < 1.29 is 9.47 Å². The van der Waals surface area contributed by atoms with Crippen LogP contribution in [0.3, 0.4) is 0 Å². The number of thiophene rings is 1. The fraction of sp³-hybridized carbons (Fsp3) is 0.529. The highest BCUT2D eigenvalue weighted by atomic mass is 32.1. The van der Waals surface area contributed by atoms with E-state index >= 15 is 0 Å². The molecule has 1 heterocycles. The lowest BCUT2D eigenvalue weighted by molar-refractivity contribution is 0.000162. The Bertz CT molecular complexity index is 553. The van der Waals surface area contributed by atoms with Gasteiger partial charge in [-0.05, 0) is 31.3 Å². The van der Waals surface area contributed by atoms with Crippen molar-refractivity contribution in [2.45, 2.75) is 39.5 Å². The highest BCUT2D eigenvalue weighted by molar-refractivity contribution is 7.19. The fourth-order valence-electron chi connectivity index (χ4n) is 2.34. The van der Waals surface area contributed by atoms with Gasteiger partial charge in [-0.1, -0.05) is 25.1 Å². The molecule has 0 fully saturated rings. The van der Waals surface area contributed by atoms with Crippen LogP contribution in [0.2, 0.25) is 0 Å². The zero-order valence-electron chi connectivity index (χ0n) is 13.1. The molecule has 1 aromatic heterocycles. The molecule has 0 aliphatic heterocycles. The first-order chi connectivity index (χ1) is 10.3. The molecular formula is C17H25NO2S. The number of nitrogens with one attached hydrogen (secondary N) is 1. The molecule has 4 heteroatoms. The highest BCUT2D eigenvalue weighted by Gasteiger charge is 2.13. The molecule has 0 radical (unpaired) electrons. The third-order valence-corrected chi connectivity index (χ3v) is 4.62. The normalized spacial score (nSPS) is 12.9. The summed E-state index contributed by atoms with van der Waals surface area (Å²) in [5.41, 5.74) is 1.32. The number of ether oxygens (including phenoxy) is 2. The number of hydrogen-bond acceptors (Lipinski definition) is 4. The average molecular weight is 307 g/mol. The van der Waals surface area contributed by atoms with Gasteiger partial charge in [0.1, 0.15) is 0 Å². The van der Waals surface area contributed by atoms with Crippen LogP contribution in [0.4, 0.5) is 0 Å². The van der Waals surface area contributed by atoms with Gasteiger partial charge in [0, 0.05) is 28.8 Å². The summed E-state index contributed by atoms with van der Waals surface area (Å²) in [7, 11) is 1.71. The third-order valence-electron chi connectivity index (χ3n) is 3.41. The van der Waals surface area contributed by atoms with E-state index in [9.17, 15) is 0 Å². The van der Waals surface area contributed by atoms with Gasteiger partial charge in [0.25, 0.3) is 0 Å². The minimum atomic E-state index is 0.116. The molecule has 21 heavy (non-hydrogen) atoms. The standard InChI is InChI=1S/C17H25NO2S/c1-4-9-18-10-17-15(12-20-13(2)11-19-3)14-7-5-6-8-16(14)21-17/h5-8,13,18H,4,9-12H2,1-3H3. The molecule has 1 aromatic carbocycles. The summed E-state index contributed by atoms with van der Waals surface area (Å²) in [6, 6.07) is 8.57. The van der Waals surface area contributed by atoms with Crippen molar-refractivity contribution >= 4 is 21.4 Å². The van der Waals surface area contributed by atoms with E-state index < -0.39 is 0 Å². The van der Waals surface area contributed by atoms with Gasteiger partial charge in [0.2, 0.25) is 0 Å². The Balaban J connectivity index is 2.15. The van der Waals surface area contributed by atoms with E-state index in [0.29, 0.717) is 13.2 Å². The average Bonchev–Trinajstić information content (AvgIpc) is 2.83. The van der Waals surface area contributed by atoms with Gasteiger partial charge in [-0.25, -0.2) is 0 Å². The smallest absolute Gasteiger partial charge is 0.0784 e. The summed E-state index contributed by atoms with van der Waals surface area (Å²) < 4.78 is 12.4. The van der Waals surface area contributed by atoms with Gasteiger partial charge in [-0.3, -0.25) is 0 Å². The van der Waals surface area contributed by atoms with Gasteiger partial charge in [0.15, 0.2) is 0 Å². The summed E-state index contributed by atoms with van der Waals surface area (Å²) in [6.45, 7) is 7.49. The molecule has 1 unspecified atom stereocenters. The zero-order chi connectivity index (χ0) is 15.1. The quantitative estimate of drug-likeness (QED) is 0.712. The molecule has 0 aliphatic carbocycles. The number of benzene rings is 1. The van der Waals surface area contributed by atoms with Gasteiger partial charge < -0.3 is 14.8 Å². The minimum Gasteiger partial charge on any atom is -0.382 e. The van der Waals surface area contributed by atoms with Crippen molar-refractivity contribution in [3.8, 4) is 0 Å². The minimum absolute atomic E-state index is 0.116. The Kier molecular flexibility index (Phi) is 6.64. The van der Waals surface area contributed by atoms with Crippen molar-refractivity contribution in [3.63, 3.8) is 0 Å². The van der Waals surface area contributed by atoms with Gasteiger partial charge in [-0.2, -0.15) is 0 Å². The molecule has 2 rings (SSSR count). The molecule has 3 nitrogen and oxygen atoms in total. The van der Waals surface area contributed by atoms with Crippen LogP contribution in [0.5, 0.6) is 0 Å². The monoisotopic (exact) mass is 307 g/mol. The maximum Gasteiger partial charge on any atom is 0.0784 e. The second kappa shape index (κ2) is 8.49. The van der Waals surface area contributed by atoms with E-state index in [1.807, 2.05) is 18.3 Å². The molecule has 0 spiro atoms. The number of rotatable bonds is 9. The molecule has 0 amide bonds. The lowest BCUT2D eigenvalue weighted by Crippen LogP contribution is -2.16. The second-order valence-electron chi connectivity index (χ2n) is 5.25. The lowest BCUT2D eigenvalue weighted by Gasteiger charge is -2.13. The van der Waals surface area contributed by atoms with Crippen LogP contribution in [0.1, 0.15) is 30.7 Å². The Morgan fingerprint density at radius 2 is 2.10 bits per heavy atom. The maximum absolute atomic E-state index is 5.94. The molecular weight excluding hydrogens is 282 g/mol. The predicted octanol–water partition coefficient (Wildman–Crippen LogP) is 3.95. The van der Waals surface area contributed by atoms with Crippen LogP contribution < -0.4 is 5.32 Å². The van der Waals surface area contributed by atoms with Crippen LogP contribution in [-0.4, -0.2) is 26.4 Å². The van der Waals surface area contributed by atoms with Gasteiger partial charge in [-0.15, -0.1) is 11.3 Å². The number of fused-ring (bicyclic) bond motifs is 1. The third kappa shape index (κ3) is 4.51. The SMILES string of the molecule is CCCNCc1sc2ccccc2c1COC(C)COC. The molecule has 2 aromatic rings. The highest BCUT2D eigenvalue weighted by Crippen LogP contribution is 2.32. The summed E-state index contributed by atoms with van der Waals surface area (Å²) >= 11 is 1.87. The molecule has 1 N–H and O–H groups in total. The van der Waals surface area contributed by atoms with E-state index in [-0.39, 0.29) is 6.10 Å². The predicted molar refractivity (Wildman–Crippen MR) is 89.9 cm³/mol. The van der Waals surface area contributed by atoms with E-state index in [4.69, 9.17) is 9.47 Å². The van der Waals surface area contributed by atoms with Gasteiger partial charge >= 0.3 is 0 Å². The summed E-state index contributed by atoms with van der Waals surface area (Å²) in [4.78, 5) is 1.38. The first-order valence-electron chi connectivity index (χ1n) is 7.56. The zero-order valence-corrected chi connectivity index (χ0v) is 14.0. The van der Waals surface area contributed by atoms with Crippen LogP contribution in [0, 0.1) is 0 Å². The van der Waals surface area contributed by atoms with E-state index in [0.717, 1.165) is 19.5 Å². The van der Waals surface area contributed by atoms with Crippen molar-refractivity contribution in [2.24, 2.45) is 0 Å². The van der Waals surface area contributed by atoms with E-state index in [1.54, 1.807) is 7.11 Å². The summed E-state index contributed by atoms with van der Waals surface area (Å²) in [6.07, 6.45) is 1.27. The van der Waals surface area contributed by atoms with Crippen molar-refractivity contribution in [1.29, 1.82) is 0 Å². The fourth-order valence-corrected chi connectivity index (χ4v) is 3.52. The summed E-state index contributed by atoms with van der Waals surface area (Å²) in [5, 5.41) is 4.82. The number of hydrogen-bond donors (Lipinski definition) is 1. The van der Waals surface area contributed by atoms with Crippen LogP contribution in [-0.2, 0) is 22.6 Å². The van der Waals surface area contributed by atoms with Crippen molar-refractivity contribution in [3.05, 3.63) is 34.7 Å². The largest absolute Gasteiger partial charge is 0.382 e. The first-order valence-corrected chi connectivity index (χ1v) is 8.38. The van der Waals surface area contributed by atoms with Crippen LogP contribution in [0.25, 0.3) is 10.1 Å². The van der Waals surface area contributed by atoms with E-state index in [2.05, 4.69) is 36.5 Å².